The average Bonchev–Trinajstić information content (AvgIpc) is 2.54. The molecule has 0 unspecified atom stereocenters. The second-order valence-corrected chi connectivity index (χ2v) is 6.04. The van der Waals surface area contributed by atoms with Crippen LogP contribution in [0.15, 0.2) is 18.3 Å². The molecule has 0 bridgehead atoms. The largest absolute Gasteiger partial charge is 0.381 e. The minimum Gasteiger partial charge on any atom is -0.381 e. The molecule has 0 saturated carbocycles. The quantitative estimate of drug-likeness (QED) is 0.641. The van der Waals surface area contributed by atoms with E-state index in [0.717, 1.165) is 43.4 Å². The summed E-state index contributed by atoms with van der Waals surface area (Å²) in [5, 5.41) is 2.06. The number of pyridine rings is 1. The van der Waals surface area contributed by atoms with E-state index in [2.05, 4.69) is 16.8 Å². The summed E-state index contributed by atoms with van der Waals surface area (Å²) < 4.78 is 20.4. The molecule has 22 heavy (non-hydrogen) atoms. The summed E-state index contributed by atoms with van der Waals surface area (Å²) in [6.07, 6.45) is 3.48. The zero-order valence-electron chi connectivity index (χ0n) is 12.9. The Labute approximate surface area is 135 Å². The molecule has 0 N–H and O–H groups in total. The lowest BCUT2D eigenvalue weighted by Gasteiger charge is -2.36. The first-order valence-corrected chi connectivity index (χ1v) is 8.09. The Hall–Kier alpha value is -1.33. The molecule has 1 aromatic carbocycles. The number of benzene rings is 1. The minimum atomic E-state index is -0.164. The van der Waals surface area contributed by atoms with Gasteiger partial charge in [0.2, 0.25) is 0 Å². The number of hydrogen-bond acceptors (Lipinski definition) is 3. The number of fused-ring (bicyclic) bond motifs is 1. The molecule has 3 nitrogen and oxygen atoms in total. The number of anilines is 1. The highest BCUT2D eigenvalue weighted by molar-refractivity contribution is 6.38. The Balaban J connectivity index is 2.18. The van der Waals surface area contributed by atoms with E-state index >= 15 is 0 Å². The number of nitrogens with zero attached hydrogens (tertiary/aromatic N) is 2. The van der Waals surface area contributed by atoms with Crippen molar-refractivity contribution in [2.24, 2.45) is 0 Å². The number of ether oxygens (including phenoxy) is 1. The number of rotatable bonds is 3. The van der Waals surface area contributed by atoms with Crippen molar-refractivity contribution in [3.8, 4) is 0 Å². The van der Waals surface area contributed by atoms with Gasteiger partial charge in [-0.3, -0.25) is 0 Å². The van der Waals surface area contributed by atoms with Gasteiger partial charge in [0, 0.05) is 42.8 Å². The predicted molar refractivity (Wildman–Crippen MR) is 91.8 cm³/mol. The van der Waals surface area contributed by atoms with Crippen LogP contribution in [0.5, 0.6) is 0 Å². The van der Waals surface area contributed by atoms with E-state index in [0.29, 0.717) is 22.3 Å². The van der Waals surface area contributed by atoms with Gasteiger partial charge >= 0.3 is 0 Å². The van der Waals surface area contributed by atoms with Gasteiger partial charge in [-0.25, -0.2) is 9.37 Å². The summed E-state index contributed by atoms with van der Waals surface area (Å²) in [6, 6.07) is 3.92. The van der Waals surface area contributed by atoms with E-state index in [4.69, 9.17) is 16.3 Å². The van der Waals surface area contributed by atoms with Crippen LogP contribution in [0.25, 0.3) is 10.8 Å². The molecule has 0 spiro atoms. The molecule has 2 heterocycles. The van der Waals surface area contributed by atoms with Crippen LogP contribution in [0, 0.1) is 5.82 Å². The molecule has 1 aliphatic heterocycles. The fourth-order valence-electron chi connectivity index (χ4n) is 3.25. The maximum Gasteiger partial charge on any atom is 0.143 e. The second kappa shape index (κ2) is 6.43. The first kappa shape index (κ1) is 15.6. The molecule has 1 saturated heterocycles. The Morgan fingerprint density at radius 1 is 1.41 bits per heavy atom. The maximum atomic E-state index is 14.9. The lowest BCUT2D eigenvalue weighted by atomic mass is 9.91. The number of halogens is 2. The highest BCUT2D eigenvalue weighted by Gasteiger charge is 2.25. The van der Waals surface area contributed by atoms with Crippen LogP contribution in [0.3, 0.4) is 0 Å². The molecule has 2 aromatic rings. The van der Waals surface area contributed by atoms with E-state index < -0.39 is 0 Å². The molecule has 1 fully saturated rings. The van der Waals surface area contributed by atoms with Crippen LogP contribution in [0.1, 0.15) is 19.8 Å². The van der Waals surface area contributed by atoms with Crippen molar-refractivity contribution in [3.63, 3.8) is 0 Å². The van der Waals surface area contributed by atoms with E-state index in [1.807, 2.05) is 6.07 Å². The average molecular weight is 321 g/mol. The van der Waals surface area contributed by atoms with Crippen LogP contribution in [-0.4, -0.2) is 38.6 Å². The summed E-state index contributed by atoms with van der Waals surface area (Å²) in [6.45, 7) is 4.27. The van der Waals surface area contributed by atoms with Crippen LogP contribution < -0.4 is 10.4 Å². The summed E-state index contributed by atoms with van der Waals surface area (Å²) in [4.78, 5) is 6.28. The zero-order chi connectivity index (χ0) is 15.7. The first-order valence-electron chi connectivity index (χ1n) is 7.71. The first-order chi connectivity index (χ1) is 10.6. The van der Waals surface area contributed by atoms with Gasteiger partial charge in [0.05, 0.1) is 5.69 Å². The van der Waals surface area contributed by atoms with Gasteiger partial charge in [-0.1, -0.05) is 23.1 Å². The van der Waals surface area contributed by atoms with Crippen molar-refractivity contribution in [1.82, 2.24) is 4.98 Å². The fourth-order valence-corrected chi connectivity index (χ4v) is 3.47. The maximum absolute atomic E-state index is 14.9. The van der Waals surface area contributed by atoms with E-state index in [-0.39, 0.29) is 5.82 Å². The monoisotopic (exact) mass is 320 g/mol. The standard InChI is InChI=1S/C16H19BClFN2O/c1-2-21(10-4-7-22-8-5-10)15-11-3-6-20-16(18)12(11)9-13(17)14(15)19/h3,6,9-10H,2,4-5,7-8,17H2,1H3. The Morgan fingerprint density at radius 3 is 2.82 bits per heavy atom. The van der Waals surface area contributed by atoms with Crippen LogP contribution in [0.2, 0.25) is 5.15 Å². The molecule has 0 radical (unpaired) electrons. The predicted octanol–water partition coefficient (Wildman–Crippen LogP) is 2.29. The number of aromatic nitrogens is 1. The minimum absolute atomic E-state index is 0.164. The van der Waals surface area contributed by atoms with Crippen molar-refractivity contribution >= 4 is 41.4 Å². The lowest BCUT2D eigenvalue weighted by molar-refractivity contribution is 0.0845. The van der Waals surface area contributed by atoms with E-state index in [1.54, 1.807) is 20.1 Å². The van der Waals surface area contributed by atoms with Gasteiger partial charge in [-0.05, 0) is 25.8 Å². The third-order valence-corrected chi connectivity index (χ3v) is 4.67. The Morgan fingerprint density at radius 2 is 2.14 bits per heavy atom. The molecule has 116 valence electrons. The van der Waals surface area contributed by atoms with E-state index in [9.17, 15) is 4.39 Å². The third kappa shape index (κ3) is 2.68. The third-order valence-electron chi connectivity index (χ3n) is 4.37. The van der Waals surface area contributed by atoms with Crippen LogP contribution >= 0.6 is 11.6 Å². The van der Waals surface area contributed by atoms with Crippen molar-refractivity contribution in [1.29, 1.82) is 0 Å². The van der Waals surface area contributed by atoms with Gasteiger partial charge in [-0.15, -0.1) is 0 Å². The Bertz CT molecular complexity index is 691. The summed E-state index contributed by atoms with van der Waals surface area (Å²) in [5.74, 6) is -0.164. The fraction of sp³-hybridized carbons (Fsp3) is 0.438. The molecule has 0 aliphatic carbocycles. The normalized spacial score (nSPS) is 16.1. The van der Waals surface area contributed by atoms with Gasteiger partial charge in [0.15, 0.2) is 0 Å². The zero-order valence-corrected chi connectivity index (χ0v) is 13.7. The topological polar surface area (TPSA) is 25.4 Å². The highest BCUT2D eigenvalue weighted by Crippen LogP contribution is 2.34. The lowest BCUT2D eigenvalue weighted by Crippen LogP contribution is -2.40. The van der Waals surface area contributed by atoms with Gasteiger partial charge in [-0.2, -0.15) is 0 Å². The van der Waals surface area contributed by atoms with Gasteiger partial charge < -0.3 is 9.64 Å². The van der Waals surface area contributed by atoms with Crippen LogP contribution in [-0.2, 0) is 4.74 Å². The van der Waals surface area contributed by atoms with E-state index in [1.165, 1.54) is 0 Å². The smallest absolute Gasteiger partial charge is 0.143 e. The van der Waals surface area contributed by atoms with Crippen LogP contribution in [0.4, 0.5) is 10.1 Å². The summed E-state index contributed by atoms with van der Waals surface area (Å²) in [5.41, 5.74) is 1.25. The molecule has 0 amide bonds. The van der Waals surface area contributed by atoms with Crippen molar-refractivity contribution in [3.05, 3.63) is 29.3 Å². The summed E-state index contributed by atoms with van der Waals surface area (Å²) >= 11 is 6.21. The van der Waals surface area contributed by atoms with Crippen molar-refractivity contribution in [2.45, 2.75) is 25.8 Å². The molecule has 6 heteroatoms. The molecule has 3 rings (SSSR count). The molecular weight excluding hydrogens is 301 g/mol. The number of hydrogen-bond donors (Lipinski definition) is 0. The van der Waals surface area contributed by atoms with Gasteiger partial charge in [0.25, 0.3) is 0 Å². The van der Waals surface area contributed by atoms with Crippen molar-refractivity contribution in [2.75, 3.05) is 24.7 Å². The summed E-state index contributed by atoms with van der Waals surface area (Å²) in [7, 11) is 1.78. The molecule has 0 atom stereocenters. The van der Waals surface area contributed by atoms with Gasteiger partial charge in [0.1, 0.15) is 18.8 Å². The Kier molecular flexibility index (Phi) is 4.55. The second-order valence-electron chi connectivity index (χ2n) is 5.68. The van der Waals surface area contributed by atoms with Crippen molar-refractivity contribution < 1.29 is 9.13 Å². The highest BCUT2D eigenvalue weighted by atomic mass is 35.5. The molecule has 1 aromatic heterocycles. The SMILES string of the molecule is Bc1cc2c(Cl)nccc2c(N(CC)C2CCOCC2)c1F. The molecular formula is C16H19BClFN2O. The molecule has 1 aliphatic rings.